The van der Waals surface area contributed by atoms with Crippen LogP contribution in [0.1, 0.15) is 56.2 Å². The second-order valence-corrected chi connectivity index (χ2v) is 8.91. The van der Waals surface area contributed by atoms with Crippen LogP contribution in [0, 0.1) is 11.8 Å². The number of nitrogens with zero attached hydrogens (tertiary/aromatic N) is 3. The molecule has 2 amide bonds. The van der Waals surface area contributed by atoms with Gasteiger partial charge in [0.1, 0.15) is 6.54 Å². The number of hydrogen-bond donors (Lipinski definition) is 0. The molecule has 0 aliphatic heterocycles. The van der Waals surface area contributed by atoms with Gasteiger partial charge in [-0.2, -0.15) is 0 Å². The van der Waals surface area contributed by atoms with Crippen molar-refractivity contribution in [2.24, 2.45) is 18.9 Å². The van der Waals surface area contributed by atoms with Gasteiger partial charge < -0.3 is 14.4 Å². The van der Waals surface area contributed by atoms with Gasteiger partial charge in [-0.3, -0.25) is 9.59 Å². The van der Waals surface area contributed by atoms with E-state index in [0.29, 0.717) is 31.1 Å². The average molecular weight is 412 g/mol. The van der Waals surface area contributed by atoms with Crippen LogP contribution < -0.4 is 0 Å². The SMILES string of the molecule is CCc1ccc(C(=O)N(CC(=O)N(Cc2cccn2C)CC(C)C)CC(C)C)cc1. The zero-order valence-electron chi connectivity index (χ0n) is 19.4. The van der Waals surface area contributed by atoms with Crippen molar-refractivity contribution in [3.63, 3.8) is 0 Å². The van der Waals surface area contributed by atoms with Gasteiger partial charge in [-0.25, -0.2) is 0 Å². The first kappa shape index (κ1) is 23.7. The van der Waals surface area contributed by atoms with E-state index in [1.54, 1.807) is 4.90 Å². The molecule has 164 valence electrons. The molecule has 0 saturated heterocycles. The highest BCUT2D eigenvalue weighted by molar-refractivity contribution is 5.96. The second kappa shape index (κ2) is 11.0. The molecule has 0 unspecified atom stereocenters. The Hall–Kier alpha value is -2.56. The summed E-state index contributed by atoms with van der Waals surface area (Å²) in [5, 5.41) is 0. The van der Waals surface area contributed by atoms with Crippen molar-refractivity contribution in [3.05, 3.63) is 59.4 Å². The number of carbonyl (C=O) groups is 2. The van der Waals surface area contributed by atoms with Crippen LogP contribution in [0.3, 0.4) is 0 Å². The van der Waals surface area contributed by atoms with Crippen molar-refractivity contribution in [2.75, 3.05) is 19.6 Å². The molecule has 5 nitrogen and oxygen atoms in total. The number of aromatic nitrogens is 1. The van der Waals surface area contributed by atoms with Gasteiger partial charge in [-0.05, 0) is 48.1 Å². The zero-order chi connectivity index (χ0) is 22.3. The molecule has 0 fully saturated rings. The molecule has 0 bridgehead atoms. The molecule has 0 saturated carbocycles. The van der Waals surface area contributed by atoms with Crippen LogP contribution in [0.2, 0.25) is 0 Å². The highest BCUT2D eigenvalue weighted by Crippen LogP contribution is 2.13. The third-order valence-corrected chi connectivity index (χ3v) is 5.15. The van der Waals surface area contributed by atoms with E-state index in [1.807, 2.05) is 59.1 Å². The van der Waals surface area contributed by atoms with Gasteiger partial charge in [0.05, 0.1) is 6.54 Å². The molecule has 0 aliphatic rings. The molecule has 1 aromatic carbocycles. The molecule has 0 spiro atoms. The van der Waals surface area contributed by atoms with E-state index in [9.17, 15) is 9.59 Å². The van der Waals surface area contributed by atoms with E-state index in [-0.39, 0.29) is 24.3 Å². The van der Waals surface area contributed by atoms with Gasteiger partial charge in [0.2, 0.25) is 5.91 Å². The smallest absolute Gasteiger partial charge is 0.254 e. The van der Waals surface area contributed by atoms with Crippen LogP contribution in [0.15, 0.2) is 42.6 Å². The second-order valence-electron chi connectivity index (χ2n) is 8.91. The van der Waals surface area contributed by atoms with Crippen molar-refractivity contribution in [2.45, 2.75) is 47.6 Å². The number of carbonyl (C=O) groups excluding carboxylic acids is 2. The summed E-state index contributed by atoms with van der Waals surface area (Å²) in [6, 6.07) is 11.7. The number of benzene rings is 1. The maximum absolute atomic E-state index is 13.3. The Labute approximate surface area is 181 Å². The minimum absolute atomic E-state index is 0.0101. The lowest BCUT2D eigenvalue weighted by molar-refractivity contribution is -0.133. The fourth-order valence-corrected chi connectivity index (χ4v) is 3.54. The summed E-state index contributed by atoms with van der Waals surface area (Å²) in [5.41, 5.74) is 2.92. The van der Waals surface area contributed by atoms with Crippen molar-refractivity contribution in [3.8, 4) is 0 Å². The first-order valence-corrected chi connectivity index (χ1v) is 11.0. The molecule has 0 atom stereocenters. The lowest BCUT2D eigenvalue weighted by atomic mass is 10.1. The van der Waals surface area contributed by atoms with Crippen LogP contribution in [0.25, 0.3) is 0 Å². The predicted molar refractivity (Wildman–Crippen MR) is 122 cm³/mol. The average Bonchev–Trinajstić information content (AvgIpc) is 3.10. The van der Waals surface area contributed by atoms with Gasteiger partial charge in [0.25, 0.3) is 5.91 Å². The molecule has 0 radical (unpaired) electrons. The van der Waals surface area contributed by atoms with E-state index in [2.05, 4.69) is 34.6 Å². The van der Waals surface area contributed by atoms with Crippen molar-refractivity contribution in [1.82, 2.24) is 14.4 Å². The number of aryl methyl sites for hydroxylation is 2. The molecule has 30 heavy (non-hydrogen) atoms. The van der Waals surface area contributed by atoms with E-state index in [1.165, 1.54) is 5.56 Å². The summed E-state index contributed by atoms with van der Waals surface area (Å²) in [6.45, 7) is 12.3. The van der Waals surface area contributed by atoms with Crippen molar-refractivity contribution >= 4 is 11.8 Å². The molecule has 5 heteroatoms. The van der Waals surface area contributed by atoms with Crippen molar-refractivity contribution in [1.29, 1.82) is 0 Å². The van der Waals surface area contributed by atoms with Crippen LogP contribution >= 0.6 is 0 Å². The van der Waals surface area contributed by atoms with Crippen LogP contribution in [0.5, 0.6) is 0 Å². The van der Waals surface area contributed by atoms with Crippen molar-refractivity contribution < 1.29 is 9.59 Å². The molecule has 2 aromatic rings. The summed E-state index contributed by atoms with van der Waals surface area (Å²) in [4.78, 5) is 30.0. The lowest BCUT2D eigenvalue weighted by Gasteiger charge is -2.30. The predicted octanol–water partition coefficient (Wildman–Crippen LogP) is 4.37. The quantitative estimate of drug-likeness (QED) is 0.583. The Balaban J connectivity index is 2.19. The van der Waals surface area contributed by atoms with Gasteiger partial charge in [-0.15, -0.1) is 0 Å². The fourth-order valence-electron chi connectivity index (χ4n) is 3.54. The molecule has 0 aliphatic carbocycles. The van der Waals surface area contributed by atoms with E-state index in [4.69, 9.17) is 0 Å². The fraction of sp³-hybridized carbons (Fsp3) is 0.520. The Morgan fingerprint density at radius 3 is 2.03 bits per heavy atom. The summed E-state index contributed by atoms with van der Waals surface area (Å²) in [7, 11) is 1.99. The Morgan fingerprint density at radius 1 is 0.933 bits per heavy atom. The van der Waals surface area contributed by atoms with E-state index < -0.39 is 0 Å². The highest BCUT2D eigenvalue weighted by atomic mass is 16.2. The molecule has 1 aromatic heterocycles. The summed E-state index contributed by atoms with van der Waals surface area (Å²) < 4.78 is 2.03. The number of hydrogen-bond acceptors (Lipinski definition) is 2. The minimum Gasteiger partial charge on any atom is -0.353 e. The largest absolute Gasteiger partial charge is 0.353 e. The number of rotatable bonds is 10. The monoisotopic (exact) mass is 411 g/mol. The molecule has 0 N–H and O–H groups in total. The Bertz CT molecular complexity index is 821. The van der Waals surface area contributed by atoms with Gasteiger partial charge >= 0.3 is 0 Å². The summed E-state index contributed by atoms with van der Waals surface area (Å²) >= 11 is 0. The maximum Gasteiger partial charge on any atom is 0.254 e. The number of amides is 2. The van der Waals surface area contributed by atoms with Gasteiger partial charge in [-0.1, -0.05) is 46.8 Å². The van der Waals surface area contributed by atoms with E-state index >= 15 is 0 Å². The first-order chi connectivity index (χ1) is 14.2. The van der Waals surface area contributed by atoms with Crippen LogP contribution in [-0.4, -0.2) is 45.8 Å². The summed E-state index contributed by atoms with van der Waals surface area (Å²) in [5.74, 6) is 0.542. The van der Waals surface area contributed by atoms with E-state index in [0.717, 1.165) is 12.1 Å². The molecule has 1 heterocycles. The first-order valence-electron chi connectivity index (χ1n) is 11.0. The molecular weight excluding hydrogens is 374 g/mol. The van der Waals surface area contributed by atoms with Gasteiger partial charge in [0.15, 0.2) is 0 Å². The highest BCUT2D eigenvalue weighted by Gasteiger charge is 2.24. The van der Waals surface area contributed by atoms with Gasteiger partial charge in [0, 0.05) is 37.6 Å². The Kier molecular flexibility index (Phi) is 8.70. The standard InChI is InChI=1S/C25H37N3O2/c1-7-21-10-12-22(13-11-21)25(30)28(16-20(4)5)18-24(29)27(15-19(2)3)17-23-9-8-14-26(23)6/h8-14,19-20H,7,15-18H2,1-6H3. The normalized spacial score (nSPS) is 11.2. The third-order valence-electron chi connectivity index (χ3n) is 5.15. The topological polar surface area (TPSA) is 45.6 Å². The van der Waals surface area contributed by atoms with Crippen LogP contribution in [0.4, 0.5) is 0 Å². The summed E-state index contributed by atoms with van der Waals surface area (Å²) in [6.07, 6.45) is 2.92. The lowest BCUT2D eigenvalue weighted by Crippen LogP contribution is -2.45. The van der Waals surface area contributed by atoms with Crippen LogP contribution in [-0.2, 0) is 24.8 Å². The molecular formula is C25H37N3O2. The Morgan fingerprint density at radius 2 is 1.53 bits per heavy atom. The minimum atomic E-state index is -0.0805. The zero-order valence-corrected chi connectivity index (χ0v) is 19.4. The molecule has 2 rings (SSSR count). The third kappa shape index (κ3) is 6.75. The maximum atomic E-state index is 13.3.